The van der Waals surface area contributed by atoms with Gasteiger partial charge in [-0.2, -0.15) is 0 Å². The van der Waals surface area contributed by atoms with Crippen molar-refractivity contribution in [3.8, 4) is 22.3 Å². The molecule has 0 spiro atoms. The van der Waals surface area contributed by atoms with Crippen molar-refractivity contribution < 1.29 is 4.79 Å². The lowest BCUT2D eigenvalue weighted by molar-refractivity contribution is -0.111. The molecule has 31 heavy (non-hydrogen) atoms. The Morgan fingerprint density at radius 1 is 1.13 bits per heavy atom. The number of aryl methyl sites for hydroxylation is 1. The summed E-state index contributed by atoms with van der Waals surface area (Å²) in [4.78, 5) is 39.0. The molecule has 0 saturated carbocycles. The van der Waals surface area contributed by atoms with Crippen LogP contribution in [0.5, 0.6) is 0 Å². The zero-order chi connectivity index (χ0) is 21.5. The number of fused-ring (bicyclic) bond motifs is 2. The molecule has 0 aliphatic rings. The summed E-state index contributed by atoms with van der Waals surface area (Å²) in [7, 11) is 1.74. The van der Waals surface area contributed by atoms with Gasteiger partial charge in [0.05, 0.1) is 11.9 Å². The van der Waals surface area contributed by atoms with Crippen molar-refractivity contribution in [1.82, 2.24) is 24.5 Å². The first-order chi connectivity index (χ1) is 15.0. The van der Waals surface area contributed by atoms with Crippen molar-refractivity contribution >= 4 is 33.5 Å². The van der Waals surface area contributed by atoms with Crippen molar-refractivity contribution in [3.05, 3.63) is 78.4 Å². The number of carbonyl (C=O) groups is 1. The van der Waals surface area contributed by atoms with Crippen LogP contribution in [0, 0.1) is 0 Å². The average molecular weight is 410 g/mol. The van der Waals surface area contributed by atoms with E-state index in [1.54, 1.807) is 36.4 Å². The lowest BCUT2D eigenvalue weighted by Gasteiger charge is -2.08. The molecule has 0 bridgehead atoms. The number of hydrogen-bond acceptors (Lipinski definition) is 4. The third kappa shape index (κ3) is 3.10. The molecule has 0 fully saturated rings. The van der Waals surface area contributed by atoms with Crippen molar-refractivity contribution in [2.24, 2.45) is 7.05 Å². The van der Waals surface area contributed by atoms with Crippen molar-refractivity contribution in [2.45, 2.75) is 0 Å². The molecule has 0 unspecified atom stereocenters. The number of rotatable bonds is 4. The van der Waals surface area contributed by atoms with Gasteiger partial charge in [0, 0.05) is 71.1 Å². The van der Waals surface area contributed by atoms with Crippen molar-refractivity contribution in [2.75, 3.05) is 5.32 Å². The van der Waals surface area contributed by atoms with Crippen LogP contribution in [-0.4, -0.2) is 30.4 Å². The summed E-state index contributed by atoms with van der Waals surface area (Å²) in [6.45, 7) is 3.46. The largest absolute Gasteiger partial charge is 0.357 e. The highest BCUT2D eigenvalue weighted by Gasteiger charge is 2.15. The number of amides is 1. The molecule has 0 aromatic carbocycles. The number of nitrogens with zero attached hydrogens (tertiary/aromatic N) is 3. The average Bonchev–Trinajstić information content (AvgIpc) is 3.43. The van der Waals surface area contributed by atoms with E-state index in [9.17, 15) is 9.59 Å². The minimum Gasteiger partial charge on any atom is -0.357 e. The van der Waals surface area contributed by atoms with Crippen LogP contribution in [0.3, 0.4) is 0 Å². The zero-order valence-electron chi connectivity index (χ0n) is 16.6. The van der Waals surface area contributed by atoms with Crippen LogP contribution in [0.25, 0.3) is 44.2 Å². The van der Waals surface area contributed by atoms with E-state index in [1.165, 1.54) is 6.08 Å². The SMILES string of the molecule is C=CC(=O)Nc1cncc(-c2cnc3[nH]cc(-c4cn(C)c(=O)c5[nH]ccc45)c3c2)c1. The van der Waals surface area contributed by atoms with Gasteiger partial charge in [-0.05, 0) is 24.3 Å². The Bertz CT molecular complexity index is 1540. The Morgan fingerprint density at radius 2 is 1.97 bits per heavy atom. The molecule has 5 rings (SSSR count). The maximum Gasteiger partial charge on any atom is 0.274 e. The number of hydrogen-bond donors (Lipinski definition) is 3. The van der Waals surface area contributed by atoms with E-state index >= 15 is 0 Å². The van der Waals surface area contributed by atoms with Gasteiger partial charge in [0.25, 0.3) is 5.56 Å². The Kier molecular flexibility index (Phi) is 4.25. The second kappa shape index (κ2) is 7.10. The van der Waals surface area contributed by atoms with E-state index in [0.29, 0.717) is 11.2 Å². The molecule has 0 aliphatic heterocycles. The van der Waals surface area contributed by atoms with Gasteiger partial charge in [0.1, 0.15) is 11.2 Å². The maximum atomic E-state index is 12.4. The van der Waals surface area contributed by atoms with Gasteiger partial charge in [-0.1, -0.05) is 6.58 Å². The number of aromatic nitrogens is 5. The first-order valence-electron chi connectivity index (χ1n) is 9.58. The summed E-state index contributed by atoms with van der Waals surface area (Å²) in [5.74, 6) is -0.300. The summed E-state index contributed by atoms with van der Waals surface area (Å²) in [5, 5.41) is 4.49. The second-order valence-electron chi connectivity index (χ2n) is 7.20. The van der Waals surface area contributed by atoms with Crippen LogP contribution in [0.2, 0.25) is 0 Å². The Morgan fingerprint density at radius 3 is 2.81 bits per heavy atom. The number of pyridine rings is 3. The van der Waals surface area contributed by atoms with Gasteiger partial charge in [-0.25, -0.2) is 4.98 Å². The molecule has 8 heteroatoms. The van der Waals surface area contributed by atoms with Gasteiger partial charge in [0.2, 0.25) is 5.91 Å². The van der Waals surface area contributed by atoms with Crippen LogP contribution >= 0.6 is 0 Å². The molecular weight excluding hydrogens is 392 g/mol. The molecule has 152 valence electrons. The van der Waals surface area contributed by atoms with E-state index in [2.05, 4.69) is 31.8 Å². The Balaban J connectivity index is 1.66. The van der Waals surface area contributed by atoms with E-state index in [1.807, 2.05) is 30.6 Å². The molecule has 0 aliphatic carbocycles. The standard InChI is InChI=1S/C23H18N6O2/c1-3-20(30)28-15-6-13(8-24-10-15)14-7-17-18(11-27-22(17)26-9-14)19-12-29(2)23(31)21-16(19)4-5-25-21/h3-12,25H,1H2,2H3,(H,26,27)(H,28,30). The van der Waals surface area contributed by atoms with Crippen LogP contribution in [0.4, 0.5) is 5.69 Å². The fourth-order valence-electron chi connectivity index (χ4n) is 3.73. The topological polar surface area (TPSA) is 108 Å². The number of anilines is 1. The van der Waals surface area contributed by atoms with E-state index < -0.39 is 0 Å². The Labute approximate surface area is 176 Å². The van der Waals surface area contributed by atoms with Crippen molar-refractivity contribution in [3.63, 3.8) is 0 Å². The molecule has 1 amide bonds. The number of H-pyrrole nitrogens is 2. The van der Waals surface area contributed by atoms with Gasteiger partial charge in [-0.3, -0.25) is 14.6 Å². The number of aromatic amines is 2. The molecule has 5 heterocycles. The van der Waals surface area contributed by atoms with Crippen LogP contribution < -0.4 is 10.9 Å². The minimum absolute atomic E-state index is 0.0770. The highest BCUT2D eigenvalue weighted by molar-refractivity contribution is 6.04. The van der Waals surface area contributed by atoms with Gasteiger partial charge >= 0.3 is 0 Å². The second-order valence-corrected chi connectivity index (χ2v) is 7.20. The van der Waals surface area contributed by atoms with E-state index in [0.717, 1.165) is 38.7 Å². The summed E-state index contributed by atoms with van der Waals surface area (Å²) in [6, 6.07) is 5.76. The monoisotopic (exact) mass is 410 g/mol. The highest BCUT2D eigenvalue weighted by Crippen LogP contribution is 2.34. The Hall–Kier alpha value is -4.46. The molecule has 3 N–H and O–H groups in total. The van der Waals surface area contributed by atoms with Gasteiger partial charge < -0.3 is 19.9 Å². The van der Waals surface area contributed by atoms with E-state index in [4.69, 9.17) is 0 Å². The van der Waals surface area contributed by atoms with Gasteiger partial charge in [0.15, 0.2) is 0 Å². The molecule has 5 aromatic heterocycles. The minimum atomic E-state index is -0.300. The zero-order valence-corrected chi connectivity index (χ0v) is 16.6. The summed E-state index contributed by atoms with van der Waals surface area (Å²) >= 11 is 0. The molecule has 8 nitrogen and oxygen atoms in total. The summed E-state index contributed by atoms with van der Waals surface area (Å²) in [5.41, 5.74) is 5.33. The molecule has 0 radical (unpaired) electrons. The highest BCUT2D eigenvalue weighted by atomic mass is 16.1. The predicted octanol–water partition coefficient (Wildman–Crippen LogP) is 3.60. The van der Waals surface area contributed by atoms with Crippen LogP contribution in [0.15, 0.2) is 72.8 Å². The van der Waals surface area contributed by atoms with E-state index in [-0.39, 0.29) is 11.5 Å². The lowest BCUT2D eigenvalue weighted by Crippen LogP contribution is -2.16. The number of nitrogens with one attached hydrogen (secondary N) is 3. The summed E-state index contributed by atoms with van der Waals surface area (Å²) in [6.07, 6.45) is 11.8. The smallest absolute Gasteiger partial charge is 0.274 e. The first-order valence-corrected chi connectivity index (χ1v) is 9.58. The molecule has 0 saturated heterocycles. The summed E-state index contributed by atoms with van der Waals surface area (Å²) < 4.78 is 1.57. The fourth-order valence-corrected chi connectivity index (χ4v) is 3.73. The van der Waals surface area contributed by atoms with Crippen molar-refractivity contribution in [1.29, 1.82) is 0 Å². The molecular formula is C23H18N6O2. The maximum absolute atomic E-state index is 12.4. The third-order valence-electron chi connectivity index (χ3n) is 5.24. The fraction of sp³-hybridized carbons (Fsp3) is 0.0435. The first kappa shape index (κ1) is 18.6. The number of carbonyl (C=O) groups excluding carboxylic acids is 1. The van der Waals surface area contributed by atoms with Gasteiger partial charge in [-0.15, -0.1) is 0 Å². The lowest BCUT2D eigenvalue weighted by atomic mass is 10.0. The quantitative estimate of drug-likeness (QED) is 0.393. The molecule has 5 aromatic rings. The predicted molar refractivity (Wildman–Crippen MR) is 121 cm³/mol. The van der Waals surface area contributed by atoms with Crippen LogP contribution in [0.1, 0.15) is 0 Å². The van der Waals surface area contributed by atoms with Crippen LogP contribution in [-0.2, 0) is 11.8 Å². The molecule has 0 atom stereocenters. The third-order valence-corrected chi connectivity index (χ3v) is 5.24. The normalized spacial score (nSPS) is 11.1.